The van der Waals surface area contributed by atoms with Gasteiger partial charge in [0.2, 0.25) is 0 Å². The molecule has 2 rings (SSSR count). The van der Waals surface area contributed by atoms with Gasteiger partial charge < -0.3 is 20.3 Å². The van der Waals surface area contributed by atoms with E-state index < -0.39 is 0 Å². The van der Waals surface area contributed by atoms with Crippen LogP contribution in [0.15, 0.2) is 23.3 Å². The van der Waals surface area contributed by atoms with Gasteiger partial charge in [-0.3, -0.25) is 0 Å². The molecule has 2 heterocycles. The number of hydrogen-bond acceptors (Lipinski definition) is 4. The SMILES string of the molecule is CCCCCCNC(=NCc1ccc(N2CCOC(C)C2)nc1)NCC.I. The number of halogens is 1. The molecule has 1 aromatic heterocycles. The maximum atomic E-state index is 5.59. The molecular weight excluding hydrogens is 453 g/mol. The van der Waals surface area contributed by atoms with Crippen molar-refractivity contribution in [1.29, 1.82) is 0 Å². The second kappa shape index (κ2) is 14.0. The van der Waals surface area contributed by atoms with E-state index >= 15 is 0 Å². The van der Waals surface area contributed by atoms with Crippen LogP contribution in [0.3, 0.4) is 0 Å². The Balaban J connectivity index is 0.00000364. The summed E-state index contributed by atoms with van der Waals surface area (Å²) in [4.78, 5) is 11.6. The molecule has 0 spiro atoms. The summed E-state index contributed by atoms with van der Waals surface area (Å²) >= 11 is 0. The van der Waals surface area contributed by atoms with Crippen LogP contribution in [0.4, 0.5) is 5.82 Å². The van der Waals surface area contributed by atoms with Crippen molar-refractivity contribution in [2.24, 2.45) is 4.99 Å². The lowest BCUT2D eigenvalue weighted by Gasteiger charge is -2.32. The van der Waals surface area contributed by atoms with Crippen LogP contribution in [-0.2, 0) is 11.3 Å². The quantitative estimate of drug-likeness (QED) is 0.241. The zero-order valence-electron chi connectivity index (χ0n) is 17.0. The molecule has 1 saturated heterocycles. The van der Waals surface area contributed by atoms with Gasteiger partial charge in [0, 0.05) is 32.4 Å². The number of pyridine rings is 1. The summed E-state index contributed by atoms with van der Waals surface area (Å²) in [6.45, 7) is 11.5. The highest BCUT2D eigenvalue weighted by molar-refractivity contribution is 14.0. The predicted octanol–water partition coefficient (Wildman–Crippen LogP) is 3.56. The van der Waals surface area contributed by atoms with Crippen molar-refractivity contribution in [3.05, 3.63) is 23.9 Å². The van der Waals surface area contributed by atoms with Crippen LogP contribution in [0.1, 0.15) is 52.0 Å². The highest BCUT2D eigenvalue weighted by Gasteiger charge is 2.17. The molecule has 1 aliphatic rings. The van der Waals surface area contributed by atoms with E-state index in [4.69, 9.17) is 4.74 Å². The van der Waals surface area contributed by atoms with Crippen LogP contribution in [-0.4, -0.2) is 49.8 Å². The van der Waals surface area contributed by atoms with Crippen LogP contribution >= 0.6 is 24.0 Å². The maximum Gasteiger partial charge on any atom is 0.191 e. The first-order chi connectivity index (χ1) is 12.7. The van der Waals surface area contributed by atoms with Gasteiger partial charge in [-0.25, -0.2) is 9.98 Å². The maximum absolute atomic E-state index is 5.59. The number of nitrogens with zero attached hydrogens (tertiary/aromatic N) is 3. The van der Waals surface area contributed by atoms with Crippen molar-refractivity contribution in [3.63, 3.8) is 0 Å². The van der Waals surface area contributed by atoms with Gasteiger partial charge in [-0.2, -0.15) is 0 Å². The second-order valence-electron chi connectivity index (χ2n) is 6.83. The van der Waals surface area contributed by atoms with E-state index in [1.807, 2.05) is 6.20 Å². The molecule has 0 bridgehead atoms. The van der Waals surface area contributed by atoms with Crippen LogP contribution in [0.2, 0.25) is 0 Å². The average molecular weight is 489 g/mol. The summed E-state index contributed by atoms with van der Waals surface area (Å²) in [6.07, 6.45) is 7.22. The standard InChI is InChI=1S/C20H35N5O.HI/c1-4-6-7-8-11-22-20(21-5-2)24-15-18-9-10-19(23-14-18)25-12-13-26-17(3)16-25;/h9-10,14,17H,4-8,11-13,15-16H2,1-3H3,(H2,21,22,24);1H. The fourth-order valence-electron chi connectivity index (χ4n) is 2.99. The Morgan fingerprint density at radius 2 is 2.11 bits per heavy atom. The Morgan fingerprint density at radius 1 is 1.26 bits per heavy atom. The Morgan fingerprint density at radius 3 is 2.78 bits per heavy atom. The summed E-state index contributed by atoms with van der Waals surface area (Å²) < 4.78 is 5.59. The van der Waals surface area contributed by atoms with Gasteiger partial charge in [0.1, 0.15) is 5.82 Å². The van der Waals surface area contributed by atoms with Gasteiger partial charge in [0.25, 0.3) is 0 Å². The molecule has 0 amide bonds. The molecule has 7 heteroatoms. The first-order valence-corrected chi connectivity index (χ1v) is 10.1. The van der Waals surface area contributed by atoms with Gasteiger partial charge >= 0.3 is 0 Å². The van der Waals surface area contributed by atoms with Gasteiger partial charge in [-0.05, 0) is 31.9 Å². The molecule has 0 aliphatic carbocycles. The predicted molar refractivity (Wildman–Crippen MR) is 124 cm³/mol. The molecular formula is C20H36IN5O. The topological polar surface area (TPSA) is 61.8 Å². The van der Waals surface area contributed by atoms with E-state index in [9.17, 15) is 0 Å². The van der Waals surface area contributed by atoms with Gasteiger partial charge in [0.05, 0.1) is 19.3 Å². The number of aliphatic imine (C=N–C) groups is 1. The second-order valence-corrected chi connectivity index (χ2v) is 6.83. The highest BCUT2D eigenvalue weighted by atomic mass is 127. The first-order valence-electron chi connectivity index (χ1n) is 10.1. The zero-order chi connectivity index (χ0) is 18.6. The number of anilines is 1. The molecule has 1 atom stereocenters. The number of aromatic nitrogens is 1. The van der Waals surface area contributed by atoms with Crippen LogP contribution in [0.25, 0.3) is 0 Å². The number of rotatable bonds is 9. The molecule has 154 valence electrons. The van der Waals surface area contributed by atoms with E-state index in [0.29, 0.717) is 6.54 Å². The molecule has 0 aromatic carbocycles. The summed E-state index contributed by atoms with van der Waals surface area (Å²) in [5.41, 5.74) is 1.12. The lowest BCUT2D eigenvalue weighted by atomic mass is 10.2. The third-order valence-electron chi connectivity index (χ3n) is 4.46. The average Bonchev–Trinajstić information content (AvgIpc) is 2.66. The van der Waals surface area contributed by atoms with Crippen molar-refractivity contribution in [3.8, 4) is 0 Å². The number of guanidine groups is 1. The van der Waals surface area contributed by atoms with E-state index in [0.717, 1.165) is 50.1 Å². The van der Waals surface area contributed by atoms with Crippen LogP contribution in [0.5, 0.6) is 0 Å². The lowest BCUT2D eigenvalue weighted by molar-refractivity contribution is 0.0529. The van der Waals surface area contributed by atoms with E-state index in [1.54, 1.807) is 0 Å². The normalized spacial score (nSPS) is 17.4. The lowest BCUT2D eigenvalue weighted by Crippen LogP contribution is -2.41. The molecule has 1 aromatic rings. The molecule has 27 heavy (non-hydrogen) atoms. The molecule has 0 saturated carbocycles. The third-order valence-corrected chi connectivity index (χ3v) is 4.46. The number of unbranched alkanes of at least 4 members (excludes halogenated alkanes) is 3. The fraction of sp³-hybridized carbons (Fsp3) is 0.700. The summed E-state index contributed by atoms with van der Waals surface area (Å²) in [5.74, 6) is 1.91. The minimum Gasteiger partial charge on any atom is -0.375 e. The van der Waals surface area contributed by atoms with Crippen molar-refractivity contribution < 1.29 is 4.74 Å². The number of ether oxygens (including phenoxy) is 1. The van der Waals surface area contributed by atoms with E-state index in [2.05, 4.69) is 58.4 Å². The van der Waals surface area contributed by atoms with E-state index in [-0.39, 0.29) is 30.1 Å². The zero-order valence-corrected chi connectivity index (χ0v) is 19.4. The molecule has 1 fully saturated rings. The Labute approximate surface area is 181 Å². The Bertz CT molecular complexity index is 538. The largest absolute Gasteiger partial charge is 0.375 e. The first kappa shape index (κ1) is 23.9. The minimum absolute atomic E-state index is 0. The molecule has 0 radical (unpaired) electrons. The number of nitrogens with one attached hydrogen (secondary N) is 2. The van der Waals surface area contributed by atoms with Crippen LogP contribution in [0, 0.1) is 0 Å². The van der Waals surface area contributed by atoms with Crippen LogP contribution < -0.4 is 15.5 Å². The van der Waals surface area contributed by atoms with Gasteiger partial charge in [-0.1, -0.05) is 32.3 Å². The fourth-order valence-corrected chi connectivity index (χ4v) is 2.99. The van der Waals surface area contributed by atoms with Gasteiger partial charge in [-0.15, -0.1) is 24.0 Å². The smallest absolute Gasteiger partial charge is 0.191 e. The molecule has 6 nitrogen and oxygen atoms in total. The summed E-state index contributed by atoms with van der Waals surface area (Å²) in [6, 6.07) is 4.21. The summed E-state index contributed by atoms with van der Waals surface area (Å²) in [5, 5.41) is 6.72. The third kappa shape index (κ3) is 9.10. The molecule has 1 aliphatic heterocycles. The van der Waals surface area contributed by atoms with Crippen molar-refractivity contribution in [1.82, 2.24) is 15.6 Å². The summed E-state index contributed by atoms with van der Waals surface area (Å²) in [7, 11) is 0. The molecule has 2 N–H and O–H groups in total. The van der Waals surface area contributed by atoms with E-state index in [1.165, 1.54) is 25.7 Å². The molecule has 1 unspecified atom stereocenters. The number of hydrogen-bond donors (Lipinski definition) is 2. The van der Waals surface area contributed by atoms with Crippen molar-refractivity contribution in [2.45, 2.75) is 59.1 Å². The Kier molecular flexibility index (Phi) is 12.4. The minimum atomic E-state index is 0. The van der Waals surface area contributed by atoms with Crippen molar-refractivity contribution >= 4 is 35.8 Å². The highest BCUT2D eigenvalue weighted by Crippen LogP contribution is 2.15. The number of morpholine rings is 1. The Hall–Kier alpha value is -1.09. The van der Waals surface area contributed by atoms with Gasteiger partial charge in [0.15, 0.2) is 5.96 Å². The van der Waals surface area contributed by atoms with Crippen molar-refractivity contribution in [2.75, 3.05) is 37.7 Å². The monoisotopic (exact) mass is 489 g/mol.